The van der Waals surface area contributed by atoms with E-state index in [-0.39, 0.29) is 52.4 Å². The highest BCUT2D eigenvalue weighted by molar-refractivity contribution is 5.94. The Morgan fingerprint density at radius 1 is 1.22 bits per heavy atom. The highest BCUT2D eigenvalue weighted by Gasteiger charge is 2.43. The monoisotopic (exact) mass is 510 g/mol. The number of ether oxygens (including phenoxy) is 2. The van der Waals surface area contributed by atoms with Crippen molar-refractivity contribution in [2.75, 3.05) is 11.4 Å². The molecule has 10 nitrogen and oxygen atoms in total. The van der Waals surface area contributed by atoms with E-state index in [1.807, 2.05) is 6.07 Å². The summed E-state index contributed by atoms with van der Waals surface area (Å²) in [4.78, 5) is 34.3. The number of benzene rings is 2. The summed E-state index contributed by atoms with van der Waals surface area (Å²) in [6.07, 6.45) is -2.64. The molecule has 1 aliphatic heterocycles. The van der Waals surface area contributed by atoms with Gasteiger partial charge in [0.15, 0.2) is 17.0 Å². The molecule has 1 amide bonds. The Bertz CT molecular complexity index is 1640. The third-order valence-electron chi connectivity index (χ3n) is 5.73. The van der Waals surface area contributed by atoms with Gasteiger partial charge in [0.25, 0.3) is 5.56 Å². The summed E-state index contributed by atoms with van der Waals surface area (Å²) in [5.74, 6) is -1.59. The maximum absolute atomic E-state index is 14.5. The van der Waals surface area contributed by atoms with Gasteiger partial charge in [-0.25, -0.2) is 14.1 Å². The van der Waals surface area contributed by atoms with Crippen LogP contribution in [-0.4, -0.2) is 38.5 Å². The fourth-order valence-corrected chi connectivity index (χ4v) is 4.03. The maximum atomic E-state index is 14.5. The number of halogens is 3. The second-order valence-electron chi connectivity index (χ2n) is 8.02. The number of aromatic amines is 1. The van der Waals surface area contributed by atoms with Crippen molar-refractivity contribution in [3.63, 3.8) is 0 Å². The topological polar surface area (TPSA) is 126 Å². The molecule has 2 aromatic heterocycles. The number of aromatic nitrogens is 4. The molecule has 0 aliphatic carbocycles. The van der Waals surface area contributed by atoms with Crippen LogP contribution >= 0.6 is 0 Å². The van der Waals surface area contributed by atoms with Crippen LogP contribution in [0.25, 0.3) is 22.3 Å². The van der Waals surface area contributed by atoms with Gasteiger partial charge in [-0.3, -0.25) is 9.59 Å². The summed E-state index contributed by atoms with van der Waals surface area (Å²) in [5, 5.41) is 13.1. The Morgan fingerprint density at radius 3 is 2.73 bits per heavy atom. The number of nitrogens with zero attached hydrogens (tertiary/aromatic N) is 5. The lowest BCUT2D eigenvalue weighted by atomic mass is 10.1. The quantitative estimate of drug-likeness (QED) is 0.422. The lowest BCUT2D eigenvalue weighted by Crippen LogP contribution is -2.37. The lowest BCUT2D eigenvalue weighted by Gasteiger charge is -2.21. The van der Waals surface area contributed by atoms with Crippen molar-refractivity contribution in [1.29, 1.82) is 5.26 Å². The van der Waals surface area contributed by atoms with Gasteiger partial charge < -0.3 is 19.4 Å². The summed E-state index contributed by atoms with van der Waals surface area (Å²) in [6.45, 7) is 1.30. The van der Waals surface area contributed by atoms with Gasteiger partial charge in [0.2, 0.25) is 5.91 Å². The highest BCUT2D eigenvalue weighted by atomic mass is 19.3. The molecule has 1 N–H and O–H groups in total. The molecule has 0 atom stereocenters. The molecule has 2 aromatic carbocycles. The molecular formula is C24H17F3N6O4. The minimum absolute atomic E-state index is 0.00679. The molecule has 4 aromatic rings. The number of hydrogen-bond acceptors (Lipinski definition) is 7. The van der Waals surface area contributed by atoms with Crippen molar-refractivity contribution in [2.45, 2.75) is 26.2 Å². The molecule has 0 saturated heterocycles. The van der Waals surface area contributed by atoms with E-state index in [0.29, 0.717) is 5.56 Å². The van der Waals surface area contributed by atoms with E-state index in [2.05, 4.69) is 24.5 Å². The third kappa shape index (κ3) is 4.33. The average molecular weight is 510 g/mol. The first kappa shape index (κ1) is 23.9. The molecule has 0 fully saturated rings. The van der Waals surface area contributed by atoms with Gasteiger partial charge >= 0.3 is 6.29 Å². The number of rotatable bonds is 6. The first-order chi connectivity index (χ1) is 17.7. The fourth-order valence-electron chi connectivity index (χ4n) is 4.03. The third-order valence-corrected chi connectivity index (χ3v) is 5.73. The predicted octanol–water partition coefficient (Wildman–Crippen LogP) is 3.37. The summed E-state index contributed by atoms with van der Waals surface area (Å²) >= 11 is 0. The van der Waals surface area contributed by atoms with Crippen LogP contribution in [0.4, 0.5) is 18.9 Å². The van der Waals surface area contributed by atoms with E-state index < -0.39 is 30.1 Å². The Hall–Kier alpha value is -4.86. The summed E-state index contributed by atoms with van der Waals surface area (Å²) in [5.41, 5.74) is 0.524. The van der Waals surface area contributed by atoms with Gasteiger partial charge in [-0.05, 0) is 25.1 Å². The van der Waals surface area contributed by atoms with Crippen LogP contribution in [-0.2, 0) is 17.8 Å². The molecule has 0 radical (unpaired) electrons. The standard InChI is InChI=1S/C24H17F3N6O4/c1-2-32(15-5-6-17-18(10-15)37-24(26,27)36-17)19(34)11-33-23(35)22-21(29-12-30-22)20(31-33)14-4-3-13(7-8-28)16(25)9-14/h3-6,9-10,12H,2,7,11H2,1H3,(H,29,30). The number of carbonyl (C=O) groups is 1. The largest absolute Gasteiger partial charge is 0.586 e. The Balaban J connectivity index is 1.50. The van der Waals surface area contributed by atoms with Crippen molar-refractivity contribution >= 4 is 22.6 Å². The molecule has 5 rings (SSSR count). The first-order valence-electron chi connectivity index (χ1n) is 11.0. The molecule has 0 unspecified atom stereocenters. The van der Waals surface area contributed by atoms with Crippen LogP contribution in [0.15, 0.2) is 47.5 Å². The van der Waals surface area contributed by atoms with Crippen LogP contribution in [0.3, 0.4) is 0 Å². The number of likely N-dealkylation sites (N-methyl/N-ethyl adjacent to an activating group) is 1. The van der Waals surface area contributed by atoms with Crippen molar-refractivity contribution in [3.05, 3.63) is 64.5 Å². The number of hydrogen-bond donors (Lipinski definition) is 1. The zero-order valence-corrected chi connectivity index (χ0v) is 19.2. The Morgan fingerprint density at radius 2 is 2.00 bits per heavy atom. The van der Waals surface area contributed by atoms with Gasteiger partial charge in [-0.2, -0.15) is 10.4 Å². The Labute approximate surface area is 206 Å². The number of H-pyrrole nitrogens is 1. The van der Waals surface area contributed by atoms with E-state index in [1.54, 1.807) is 13.0 Å². The van der Waals surface area contributed by atoms with Crippen LogP contribution in [0, 0.1) is 17.1 Å². The molecule has 188 valence electrons. The van der Waals surface area contributed by atoms with Gasteiger partial charge in [-0.1, -0.05) is 12.1 Å². The molecule has 0 saturated carbocycles. The van der Waals surface area contributed by atoms with Crippen molar-refractivity contribution in [2.24, 2.45) is 0 Å². The first-order valence-corrected chi connectivity index (χ1v) is 11.0. The van der Waals surface area contributed by atoms with Crippen molar-refractivity contribution < 1.29 is 27.4 Å². The average Bonchev–Trinajstić information content (AvgIpc) is 3.46. The summed E-state index contributed by atoms with van der Waals surface area (Å²) in [6, 6.07) is 9.97. The number of amides is 1. The number of carbonyl (C=O) groups excluding carboxylic acids is 1. The maximum Gasteiger partial charge on any atom is 0.586 e. The van der Waals surface area contributed by atoms with Gasteiger partial charge in [0, 0.05) is 29.4 Å². The SMILES string of the molecule is CCN(C(=O)Cn1nc(-c2ccc(CC#N)c(F)c2)c2[nH]cnc2c1=O)c1ccc2c(c1)OC(F)(F)O2. The zero-order chi connectivity index (χ0) is 26.3. The minimum Gasteiger partial charge on any atom is -0.395 e. The van der Waals surface area contributed by atoms with Crippen molar-refractivity contribution in [3.8, 4) is 28.8 Å². The second-order valence-corrected chi connectivity index (χ2v) is 8.02. The fraction of sp³-hybridized carbons (Fsp3) is 0.208. The number of alkyl halides is 2. The van der Waals surface area contributed by atoms with E-state index in [1.165, 1.54) is 41.6 Å². The number of nitriles is 1. The van der Waals surface area contributed by atoms with Gasteiger partial charge in [-0.15, -0.1) is 8.78 Å². The normalized spacial score (nSPS) is 13.5. The van der Waals surface area contributed by atoms with E-state index >= 15 is 0 Å². The number of imidazole rings is 1. The van der Waals surface area contributed by atoms with Crippen molar-refractivity contribution in [1.82, 2.24) is 19.7 Å². The smallest absolute Gasteiger partial charge is 0.395 e. The number of anilines is 1. The van der Waals surface area contributed by atoms with E-state index in [9.17, 15) is 22.8 Å². The number of nitrogens with one attached hydrogen (secondary N) is 1. The minimum atomic E-state index is -3.80. The zero-order valence-electron chi connectivity index (χ0n) is 19.2. The molecule has 1 aliphatic rings. The number of fused-ring (bicyclic) bond motifs is 2. The lowest BCUT2D eigenvalue weighted by molar-refractivity contribution is -0.286. The van der Waals surface area contributed by atoms with Crippen LogP contribution < -0.4 is 19.9 Å². The predicted molar refractivity (Wildman–Crippen MR) is 124 cm³/mol. The van der Waals surface area contributed by atoms with Gasteiger partial charge in [0.1, 0.15) is 18.1 Å². The summed E-state index contributed by atoms with van der Waals surface area (Å²) in [7, 11) is 0. The van der Waals surface area contributed by atoms with E-state index in [4.69, 9.17) is 5.26 Å². The molecule has 0 spiro atoms. The van der Waals surface area contributed by atoms with Crippen LogP contribution in [0.2, 0.25) is 0 Å². The Kier molecular flexibility index (Phi) is 5.79. The molecule has 37 heavy (non-hydrogen) atoms. The highest BCUT2D eigenvalue weighted by Crippen LogP contribution is 2.42. The summed E-state index contributed by atoms with van der Waals surface area (Å²) < 4.78 is 51.1. The van der Waals surface area contributed by atoms with Gasteiger partial charge in [0.05, 0.1) is 24.3 Å². The molecular weight excluding hydrogens is 493 g/mol. The second kappa shape index (κ2) is 8.98. The van der Waals surface area contributed by atoms with Crippen LogP contribution in [0.1, 0.15) is 12.5 Å². The van der Waals surface area contributed by atoms with Crippen LogP contribution in [0.5, 0.6) is 11.5 Å². The molecule has 0 bridgehead atoms. The molecule has 13 heteroatoms. The molecule has 3 heterocycles. The van der Waals surface area contributed by atoms with E-state index in [0.717, 1.165) is 4.68 Å².